The maximum atomic E-state index is 15.1. The molecule has 1 atom stereocenters. The van der Waals surface area contributed by atoms with Gasteiger partial charge in [0.05, 0.1) is 30.5 Å². The van der Waals surface area contributed by atoms with E-state index in [4.69, 9.17) is 4.74 Å². The van der Waals surface area contributed by atoms with E-state index in [1.165, 1.54) is 17.9 Å². The van der Waals surface area contributed by atoms with Crippen LogP contribution in [-0.4, -0.2) is 90.7 Å². The Bertz CT molecular complexity index is 1070. The summed E-state index contributed by atoms with van der Waals surface area (Å²) in [6.07, 6.45) is 0.545. The van der Waals surface area contributed by atoms with Crippen LogP contribution in [-0.2, 0) is 9.53 Å². The van der Waals surface area contributed by atoms with Crippen LogP contribution in [0.15, 0.2) is 18.2 Å². The maximum absolute atomic E-state index is 15.1. The molecule has 2 N–H and O–H groups in total. The van der Waals surface area contributed by atoms with Crippen LogP contribution in [0.25, 0.3) is 0 Å². The SMILES string of the molecule is CC(=O)NCC1CN(c2ccc(N3CCC(n4nnc(N5CCNCC5)n4)CC3)c(F)c2)C(=O)O1. The first-order valence-electron chi connectivity index (χ1n) is 12.0. The number of anilines is 3. The number of nitrogens with one attached hydrogen (secondary N) is 2. The molecule has 3 aliphatic heterocycles. The number of amides is 2. The Labute approximate surface area is 202 Å². The van der Waals surface area contributed by atoms with Crippen molar-refractivity contribution < 1.29 is 18.7 Å². The first kappa shape index (κ1) is 23.3. The molecule has 1 unspecified atom stereocenters. The first-order valence-corrected chi connectivity index (χ1v) is 12.0. The molecule has 2 amide bonds. The third-order valence-corrected chi connectivity index (χ3v) is 6.65. The molecule has 3 fully saturated rings. The van der Waals surface area contributed by atoms with E-state index >= 15 is 4.39 Å². The summed E-state index contributed by atoms with van der Waals surface area (Å²) >= 11 is 0. The van der Waals surface area contributed by atoms with Crippen LogP contribution >= 0.6 is 0 Å². The number of cyclic esters (lactones) is 1. The summed E-state index contributed by atoms with van der Waals surface area (Å²) in [4.78, 5) is 30.6. The van der Waals surface area contributed by atoms with Crippen molar-refractivity contribution in [3.05, 3.63) is 24.0 Å². The minimum Gasteiger partial charge on any atom is -0.442 e. The Kier molecular flexibility index (Phi) is 6.66. The molecular weight excluding hydrogens is 457 g/mol. The van der Waals surface area contributed by atoms with Crippen LogP contribution in [0.1, 0.15) is 25.8 Å². The van der Waals surface area contributed by atoms with Gasteiger partial charge in [0, 0.05) is 46.2 Å². The van der Waals surface area contributed by atoms with Gasteiger partial charge in [0.15, 0.2) is 0 Å². The normalized spacial score (nSPS) is 21.4. The lowest BCUT2D eigenvalue weighted by molar-refractivity contribution is -0.119. The van der Waals surface area contributed by atoms with Gasteiger partial charge in [-0.25, -0.2) is 9.18 Å². The summed E-state index contributed by atoms with van der Waals surface area (Å²) in [7, 11) is 0. The summed E-state index contributed by atoms with van der Waals surface area (Å²) in [5.74, 6) is 0.0764. The standard InChI is InChI=1S/C22H30FN9O3/c1-15(33)25-13-18-14-31(22(34)35-18)17-2-3-20(19(23)12-17)29-8-4-16(5-9-29)32-27-21(26-28-32)30-10-6-24-7-11-30/h2-3,12,16,18,24H,4-11,13-14H2,1H3,(H,25,33). The van der Waals surface area contributed by atoms with Gasteiger partial charge in [-0.2, -0.15) is 4.80 Å². The third-order valence-electron chi connectivity index (χ3n) is 6.65. The minimum atomic E-state index is -0.547. The highest BCUT2D eigenvalue weighted by Gasteiger charge is 2.33. The Morgan fingerprint density at radius 1 is 1.20 bits per heavy atom. The van der Waals surface area contributed by atoms with Gasteiger partial charge in [-0.3, -0.25) is 9.69 Å². The molecule has 12 nitrogen and oxygen atoms in total. The van der Waals surface area contributed by atoms with Gasteiger partial charge in [0.2, 0.25) is 5.91 Å². The van der Waals surface area contributed by atoms with Crippen molar-refractivity contribution in [2.45, 2.75) is 31.9 Å². The van der Waals surface area contributed by atoms with E-state index in [1.54, 1.807) is 16.9 Å². The molecule has 188 valence electrons. The second-order valence-corrected chi connectivity index (χ2v) is 9.05. The molecule has 1 aromatic heterocycles. The lowest BCUT2D eigenvalue weighted by atomic mass is 10.0. The second kappa shape index (κ2) is 10.0. The Morgan fingerprint density at radius 2 is 1.97 bits per heavy atom. The van der Waals surface area contributed by atoms with Gasteiger partial charge in [-0.1, -0.05) is 5.10 Å². The lowest BCUT2D eigenvalue weighted by Gasteiger charge is -2.33. The highest BCUT2D eigenvalue weighted by atomic mass is 19.1. The van der Waals surface area contributed by atoms with E-state index in [0.717, 1.165) is 39.0 Å². The summed E-state index contributed by atoms with van der Waals surface area (Å²) in [5, 5.41) is 19.0. The van der Waals surface area contributed by atoms with E-state index in [1.807, 2.05) is 4.90 Å². The highest BCUT2D eigenvalue weighted by Crippen LogP contribution is 2.31. The number of aromatic nitrogens is 4. The number of rotatable bonds is 6. The largest absolute Gasteiger partial charge is 0.442 e. The number of benzene rings is 1. The van der Waals surface area contributed by atoms with Crippen LogP contribution in [0.3, 0.4) is 0 Å². The highest BCUT2D eigenvalue weighted by molar-refractivity contribution is 5.90. The third kappa shape index (κ3) is 5.14. The van der Waals surface area contributed by atoms with Crippen LogP contribution in [0.5, 0.6) is 0 Å². The van der Waals surface area contributed by atoms with Crippen molar-refractivity contribution >= 4 is 29.3 Å². The summed E-state index contributed by atoms with van der Waals surface area (Å²) in [6, 6.07) is 4.92. The van der Waals surface area contributed by atoms with Gasteiger partial charge < -0.3 is 25.2 Å². The molecule has 0 radical (unpaired) electrons. The number of piperazine rings is 1. The molecule has 3 aliphatic rings. The monoisotopic (exact) mass is 487 g/mol. The van der Waals surface area contributed by atoms with Gasteiger partial charge >= 0.3 is 6.09 Å². The van der Waals surface area contributed by atoms with Crippen molar-refractivity contribution in [1.82, 2.24) is 30.8 Å². The summed E-state index contributed by atoms with van der Waals surface area (Å²) < 4.78 is 20.3. The van der Waals surface area contributed by atoms with E-state index in [-0.39, 0.29) is 30.9 Å². The molecule has 0 saturated carbocycles. The average Bonchev–Trinajstić information content (AvgIpc) is 3.50. The molecule has 5 rings (SSSR count). The van der Waals surface area contributed by atoms with E-state index in [0.29, 0.717) is 30.4 Å². The number of piperidine rings is 1. The van der Waals surface area contributed by atoms with Gasteiger partial charge in [0.1, 0.15) is 11.9 Å². The molecular formula is C22H30FN9O3. The number of nitrogens with zero attached hydrogens (tertiary/aromatic N) is 7. The molecule has 1 aromatic carbocycles. The molecule has 0 aliphatic carbocycles. The number of halogens is 1. The molecule has 13 heteroatoms. The van der Waals surface area contributed by atoms with Crippen LogP contribution in [0, 0.1) is 5.82 Å². The zero-order chi connectivity index (χ0) is 24.4. The number of hydrogen-bond acceptors (Lipinski definition) is 9. The fourth-order valence-corrected chi connectivity index (χ4v) is 4.72. The number of tetrazole rings is 1. The minimum absolute atomic E-state index is 0.123. The number of ether oxygens (including phenoxy) is 1. The van der Waals surface area contributed by atoms with Crippen molar-refractivity contribution in [2.75, 3.05) is 67.1 Å². The molecule has 3 saturated heterocycles. The first-order chi connectivity index (χ1) is 17.0. The number of hydrogen-bond donors (Lipinski definition) is 2. The van der Waals surface area contributed by atoms with Crippen LogP contribution in [0.2, 0.25) is 0 Å². The van der Waals surface area contributed by atoms with E-state index in [9.17, 15) is 9.59 Å². The molecule has 0 spiro atoms. The predicted octanol–water partition coefficient (Wildman–Crippen LogP) is 0.525. The molecule has 0 bridgehead atoms. The molecule has 2 aromatic rings. The van der Waals surface area contributed by atoms with Crippen molar-refractivity contribution in [1.29, 1.82) is 0 Å². The second-order valence-electron chi connectivity index (χ2n) is 9.05. The smallest absolute Gasteiger partial charge is 0.414 e. The predicted molar refractivity (Wildman–Crippen MR) is 126 cm³/mol. The van der Waals surface area contributed by atoms with Crippen LogP contribution in [0.4, 0.5) is 26.5 Å². The summed E-state index contributed by atoms with van der Waals surface area (Å²) in [6.45, 7) is 6.76. The molecule has 4 heterocycles. The van der Waals surface area contributed by atoms with E-state index < -0.39 is 12.2 Å². The Hall–Kier alpha value is -3.48. The van der Waals surface area contributed by atoms with Gasteiger partial charge in [0.25, 0.3) is 5.95 Å². The topological polar surface area (TPSA) is 121 Å². The van der Waals surface area contributed by atoms with Crippen molar-refractivity contribution in [3.63, 3.8) is 0 Å². The molecule has 35 heavy (non-hydrogen) atoms. The number of carbonyl (C=O) groups is 2. The van der Waals surface area contributed by atoms with Gasteiger partial charge in [-0.05, 0) is 36.3 Å². The summed E-state index contributed by atoms with van der Waals surface area (Å²) in [5.41, 5.74) is 0.936. The zero-order valence-corrected chi connectivity index (χ0v) is 19.7. The number of carbonyl (C=O) groups excluding carboxylic acids is 2. The lowest BCUT2D eigenvalue weighted by Crippen LogP contribution is -2.44. The fourth-order valence-electron chi connectivity index (χ4n) is 4.72. The average molecular weight is 488 g/mol. The van der Waals surface area contributed by atoms with Crippen molar-refractivity contribution in [2.24, 2.45) is 0 Å². The van der Waals surface area contributed by atoms with Crippen LogP contribution < -0.4 is 25.3 Å². The Morgan fingerprint density at radius 3 is 2.69 bits per heavy atom. The van der Waals surface area contributed by atoms with E-state index in [2.05, 4.69) is 30.9 Å². The zero-order valence-electron chi connectivity index (χ0n) is 19.7. The van der Waals surface area contributed by atoms with Gasteiger partial charge in [-0.15, -0.1) is 5.10 Å². The Balaban J connectivity index is 1.18. The fraction of sp³-hybridized carbons (Fsp3) is 0.591. The van der Waals surface area contributed by atoms with Crippen molar-refractivity contribution in [3.8, 4) is 0 Å². The quantitative estimate of drug-likeness (QED) is 0.601. The maximum Gasteiger partial charge on any atom is 0.414 e.